The SMILES string of the molecule is Cc1cc(C)c(NC(=O)c2ccc3nc(N)sc3c2)c(Br)c1. The van der Waals surface area contributed by atoms with Crippen LogP contribution in [0.1, 0.15) is 21.5 Å². The van der Waals surface area contributed by atoms with Crippen molar-refractivity contribution in [3.8, 4) is 0 Å². The summed E-state index contributed by atoms with van der Waals surface area (Å²) in [5, 5.41) is 3.46. The van der Waals surface area contributed by atoms with Gasteiger partial charge in [0.1, 0.15) is 0 Å². The lowest BCUT2D eigenvalue weighted by molar-refractivity contribution is 0.102. The molecule has 0 saturated heterocycles. The molecule has 0 spiro atoms. The van der Waals surface area contributed by atoms with Gasteiger partial charge in [-0.05, 0) is 65.2 Å². The van der Waals surface area contributed by atoms with E-state index in [4.69, 9.17) is 5.73 Å². The van der Waals surface area contributed by atoms with Crippen molar-refractivity contribution in [2.24, 2.45) is 0 Å². The fourth-order valence-corrected chi connectivity index (χ4v) is 3.89. The third kappa shape index (κ3) is 2.84. The van der Waals surface area contributed by atoms with Crippen molar-refractivity contribution in [2.45, 2.75) is 13.8 Å². The summed E-state index contributed by atoms with van der Waals surface area (Å²) in [7, 11) is 0. The Morgan fingerprint density at radius 1 is 1.27 bits per heavy atom. The van der Waals surface area contributed by atoms with Gasteiger partial charge in [0.05, 0.1) is 15.9 Å². The number of nitrogen functional groups attached to an aromatic ring is 1. The van der Waals surface area contributed by atoms with E-state index < -0.39 is 0 Å². The van der Waals surface area contributed by atoms with Crippen LogP contribution in [0.25, 0.3) is 10.2 Å². The van der Waals surface area contributed by atoms with Gasteiger partial charge in [-0.1, -0.05) is 17.4 Å². The minimum atomic E-state index is -0.151. The number of benzene rings is 2. The smallest absolute Gasteiger partial charge is 0.255 e. The quantitative estimate of drug-likeness (QED) is 0.692. The van der Waals surface area contributed by atoms with Crippen molar-refractivity contribution in [1.82, 2.24) is 4.98 Å². The minimum absolute atomic E-state index is 0.151. The Hall–Kier alpha value is -1.92. The van der Waals surface area contributed by atoms with Crippen LogP contribution >= 0.6 is 27.3 Å². The number of rotatable bonds is 2. The Balaban J connectivity index is 1.93. The third-order valence-corrected chi connectivity index (χ3v) is 4.81. The minimum Gasteiger partial charge on any atom is -0.375 e. The molecule has 0 aliphatic heterocycles. The molecule has 6 heteroatoms. The topological polar surface area (TPSA) is 68.0 Å². The lowest BCUT2D eigenvalue weighted by Crippen LogP contribution is -2.13. The molecule has 0 atom stereocenters. The number of carbonyl (C=O) groups is 1. The van der Waals surface area contributed by atoms with Crippen LogP contribution in [0.2, 0.25) is 0 Å². The molecular weight excluding hydrogens is 362 g/mol. The van der Waals surface area contributed by atoms with Gasteiger partial charge in [-0.25, -0.2) is 4.98 Å². The van der Waals surface area contributed by atoms with Crippen LogP contribution in [-0.2, 0) is 0 Å². The lowest BCUT2D eigenvalue weighted by Gasteiger charge is -2.12. The fraction of sp³-hybridized carbons (Fsp3) is 0.125. The molecule has 2 aromatic carbocycles. The predicted octanol–water partition coefficient (Wildman–Crippen LogP) is 4.51. The summed E-state index contributed by atoms with van der Waals surface area (Å²) < 4.78 is 1.78. The Morgan fingerprint density at radius 3 is 2.77 bits per heavy atom. The van der Waals surface area contributed by atoms with Gasteiger partial charge in [0, 0.05) is 10.0 Å². The monoisotopic (exact) mass is 375 g/mol. The Morgan fingerprint density at radius 2 is 2.05 bits per heavy atom. The maximum Gasteiger partial charge on any atom is 0.255 e. The van der Waals surface area contributed by atoms with Crippen LogP contribution in [0.3, 0.4) is 0 Å². The average Bonchev–Trinajstić information content (AvgIpc) is 2.81. The summed E-state index contributed by atoms with van der Waals surface area (Å²) >= 11 is 4.88. The second-order valence-corrected chi connectivity index (χ2v) is 7.04. The number of aromatic nitrogens is 1. The molecule has 0 radical (unpaired) electrons. The summed E-state index contributed by atoms with van der Waals surface area (Å²) in [6.07, 6.45) is 0. The number of aryl methyl sites for hydroxylation is 2. The van der Waals surface area contributed by atoms with Crippen molar-refractivity contribution in [1.29, 1.82) is 0 Å². The Bertz CT molecular complexity index is 865. The number of hydrogen-bond acceptors (Lipinski definition) is 4. The van der Waals surface area contributed by atoms with Crippen molar-refractivity contribution >= 4 is 54.2 Å². The summed E-state index contributed by atoms with van der Waals surface area (Å²) in [4.78, 5) is 16.7. The van der Waals surface area contributed by atoms with E-state index in [2.05, 4.69) is 26.2 Å². The van der Waals surface area contributed by atoms with Gasteiger partial charge < -0.3 is 11.1 Å². The Kier molecular flexibility index (Phi) is 3.88. The van der Waals surface area contributed by atoms with Gasteiger partial charge in [-0.2, -0.15) is 0 Å². The first kappa shape index (κ1) is 15.0. The van der Waals surface area contributed by atoms with E-state index in [0.717, 1.165) is 31.5 Å². The number of nitrogens with one attached hydrogen (secondary N) is 1. The number of halogens is 1. The molecule has 0 bridgehead atoms. The standard InChI is InChI=1S/C16H14BrN3OS/c1-8-5-9(2)14(11(17)6-8)20-15(21)10-3-4-12-13(7-10)22-16(18)19-12/h3-7H,1-2H3,(H2,18,19)(H,20,21). The number of fused-ring (bicyclic) bond motifs is 1. The molecule has 1 heterocycles. The average molecular weight is 376 g/mol. The molecule has 112 valence electrons. The van der Waals surface area contributed by atoms with Gasteiger partial charge in [-0.15, -0.1) is 0 Å². The first-order valence-electron chi connectivity index (χ1n) is 6.68. The molecule has 0 aliphatic rings. The summed E-state index contributed by atoms with van der Waals surface area (Å²) in [6, 6.07) is 9.40. The second-order valence-electron chi connectivity index (χ2n) is 5.13. The molecule has 0 fully saturated rings. The summed E-state index contributed by atoms with van der Waals surface area (Å²) in [6.45, 7) is 3.99. The first-order chi connectivity index (χ1) is 10.4. The van der Waals surface area contributed by atoms with Crippen molar-refractivity contribution in [2.75, 3.05) is 11.1 Å². The zero-order chi connectivity index (χ0) is 15.9. The molecule has 3 aromatic rings. The number of thiazole rings is 1. The van der Waals surface area contributed by atoms with Crippen LogP contribution in [-0.4, -0.2) is 10.9 Å². The van der Waals surface area contributed by atoms with E-state index in [1.165, 1.54) is 11.3 Å². The van der Waals surface area contributed by atoms with E-state index >= 15 is 0 Å². The van der Waals surface area contributed by atoms with Crippen LogP contribution in [0, 0.1) is 13.8 Å². The highest BCUT2D eigenvalue weighted by atomic mass is 79.9. The molecule has 0 saturated carbocycles. The van der Waals surface area contributed by atoms with Crippen molar-refractivity contribution in [3.63, 3.8) is 0 Å². The van der Waals surface area contributed by atoms with Gasteiger partial charge in [0.15, 0.2) is 5.13 Å². The molecule has 4 nitrogen and oxygen atoms in total. The lowest BCUT2D eigenvalue weighted by atomic mass is 10.1. The molecule has 3 N–H and O–H groups in total. The zero-order valence-corrected chi connectivity index (χ0v) is 14.5. The van der Waals surface area contributed by atoms with Gasteiger partial charge in [0.25, 0.3) is 5.91 Å². The zero-order valence-electron chi connectivity index (χ0n) is 12.1. The van der Waals surface area contributed by atoms with Gasteiger partial charge >= 0.3 is 0 Å². The normalized spacial score (nSPS) is 10.9. The van der Waals surface area contributed by atoms with E-state index in [-0.39, 0.29) is 5.91 Å². The molecular formula is C16H14BrN3OS. The van der Waals surface area contributed by atoms with E-state index in [0.29, 0.717) is 10.7 Å². The molecule has 22 heavy (non-hydrogen) atoms. The molecule has 1 amide bonds. The van der Waals surface area contributed by atoms with Crippen molar-refractivity contribution in [3.05, 3.63) is 51.5 Å². The van der Waals surface area contributed by atoms with Crippen molar-refractivity contribution < 1.29 is 4.79 Å². The van der Waals surface area contributed by atoms with Crippen LogP contribution in [0.15, 0.2) is 34.8 Å². The first-order valence-corrected chi connectivity index (χ1v) is 8.29. The van der Waals surface area contributed by atoms with Crippen LogP contribution < -0.4 is 11.1 Å². The van der Waals surface area contributed by atoms with Gasteiger partial charge in [-0.3, -0.25) is 4.79 Å². The van der Waals surface area contributed by atoms with E-state index in [9.17, 15) is 4.79 Å². The fourth-order valence-electron chi connectivity index (χ4n) is 2.34. The maximum atomic E-state index is 12.5. The predicted molar refractivity (Wildman–Crippen MR) is 95.6 cm³/mol. The largest absolute Gasteiger partial charge is 0.375 e. The summed E-state index contributed by atoms with van der Waals surface area (Å²) in [5.74, 6) is -0.151. The highest BCUT2D eigenvalue weighted by molar-refractivity contribution is 9.10. The second kappa shape index (κ2) is 5.70. The van der Waals surface area contributed by atoms with Gasteiger partial charge in [0.2, 0.25) is 0 Å². The molecule has 3 rings (SSSR count). The van der Waals surface area contributed by atoms with E-state index in [1.54, 1.807) is 6.07 Å². The highest BCUT2D eigenvalue weighted by Crippen LogP contribution is 2.29. The molecule has 0 aliphatic carbocycles. The van der Waals surface area contributed by atoms with E-state index in [1.807, 2.05) is 38.1 Å². The highest BCUT2D eigenvalue weighted by Gasteiger charge is 2.12. The maximum absolute atomic E-state index is 12.5. The number of anilines is 2. The third-order valence-electron chi connectivity index (χ3n) is 3.34. The number of carbonyl (C=O) groups excluding carboxylic acids is 1. The number of amides is 1. The number of nitrogens with two attached hydrogens (primary N) is 1. The van der Waals surface area contributed by atoms with Crippen LogP contribution in [0.4, 0.5) is 10.8 Å². The molecule has 1 aromatic heterocycles. The Labute approximate surface area is 140 Å². The van der Waals surface area contributed by atoms with Crippen LogP contribution in [0.5, 0.6) is 0 Å². The summed E-state index contributed by atoms with van der Waals surface area (Å²) in [5.41, 5.74) is 10.0. The molecule has 0 unspecified atom stereocenters. The number of hydrogen-bond donors (Lipinski definition) is 2. The number of nitrogens with zero attached hydrogens (tertiary/aromatic N) is 1.